The summed E-state index contributed by atoms with van der Waals surface area (Å²) in [6, 6.07) is 38.2. The van der Waals surface area contributed by atoms with Crippen LogP contribution in [0.15, 0.2) is 120 Å². The predicted octanol–water partition coefficient (Wildman–Crippen LogP) is 4.59. The van der Waals surface area contributed by atoms with Crippen LogP contribution in [0, 0.1) is 0 Å². The second kappa shape index (κ2) is 8.30. The van der Waals surface area contributed by atoms with Gasteiger partial charge in [0, 0.05) is 15.9 Å². The average molecular weight is 396 g/mol. The maximum absolute atomic E-state index is 12.1. The molecular weight excluding hydrogens is 375 g/mol. The molecule has 0 heterocycles. The average Bonchev–Trinajstić information content (AvgIpc) is 2.79. The van der Waals surface area contributed by atoms with Crippen molar-refractivity contribution in [2.24, 2.45) is 10.5 Å². The van der Waals surface area contributed by atoms with Gasteiger partial charge in [-0.05, 0) is 12.1 Å². The van der Waals surface area contributed by atoms with Crippen LogP contribution >= 0.6 is 7.05 Å². The number of rotatable bonds is 5. The highest BCUT2D eigenvalue weighted by molar-refractivity contribution is 7.87. The van der Waals surface area contributed by atoms with E-state index >= 15 is 0 Å². The molecule has 1 amide bonds. The maximum atomic E-state index is 12.1. The second-order valence-electron chi connectivity index (χ2n) is 6.62. The van der Waals surface area contributed by atoms with Gasteiger partial charge in [-0.2, -0.15) is 0 Å². The number of hydrogen-bond acceptors (Lipinski definition) is 2. The van der Waals surface area contributed by atoms with Gasteiger partial charge in [0.2, 0.25) is 0 Å². The summed E-state index contributed by atoms with van der Waals surface area (Å²) < 4.78 is 5.33. The van der Waals surface area contributed by atoms with Gasteiger partial charge in [-0.15, -0.1) is 0 Å². The van der Waals surface area contributed by atoms with Crippen LogP contribution in [0.2, 0.25) is 0 Å². The zero-order valence-corrected chi connectivity index (χ0v) is 16.7. The molecule has 0 saturated heterocycles. The number of nitrogens with two attached hydrogens (primary N) is 1. The highest BCUT2D eigenvalue weighted by Gasteiger charge is 2.27. The second-order valence-corrected chi connectivity index (χ2v) is 9.64. The first kappa shape index (κ1) is 18.9. The van der Waals surface area contributed by atoms with Crippen LogP contribution in [-0.2, 0) is 0 Å². The molecule has 0 aliphatic carbocycles. The lowest BCUT2D eigenvalue weighted by Crippen LogP contribution is -2.25. The Bertz CT molecular complexity index is 1070. The third-order valence-corrected chi connectivity index (χ3v) is 8.47. The minimum Gasteiger partial charge on any atom is -0.366 e. The smallest absolute Gasteiger partial charge is 0.250 e. The number of primary amides is 1. The van der Waals surface area contributed by atoms with E-state index in [0.717, 1.165) is 15.9 Å². The number of nitrogens with zero attached hydrogens (tertiary/aromatic N) is 1. The molecule has 2 N–H and O–H groups in total. The summed E-state index contributed by atoms with van der Waals surface area (Å²) in [6.07, 6.45) is 0. The van der Waals surface area contributed by atoms with E-state index in [0.29, 0.717) is 11.3 Å². The number of hydrogen-bond donors (Lipinski definition) is 1. The lowest BCUT2D eigenvalue weighted by atomic mass is 10.2. The molecule has 0 aromatic heterocycles. The molecule has 4 aromatic carbocycles. The Morgan fingerprint density at radius 2 is 0.966 bits per heavy atom. The summed E-state index contributed by atoms with van der Waals surface area (Å²) in [5, 5.41) is 3.37. The zero-order valence-electron chi connectivity index (χ0n) is 15.8. The third kappa shape index (κ3) is 3.65. The Balaban J connectivity index is 2.17. The Morgan fingerprint density at radius 3 is 1.38 bits per heavy atom. The quantitative estimate of drug-likeness (QED) is 0.493. The van der Waals surface area contributed by atoms with E-state index in [-0.39, 0.29) is 0 Å². The summed E-state index contributed by atoms with van der Waals surface area (Å²) in [4.78, 5) is 12.1. The molecule has 142 valence electrons. The molecule has 0 spiro atoms. The summed E-state index contributed by atoms with van der Waals surface area (Å²) in [6.45, 7) is 0. The number of carbonyl (C=O) groups excluding carboxylic acids is 1. The van der Waals surface area contributed by atoms with Crippen LogP contribution in [0.5, 0.6) is 0 Å². The Kier molecular flexibility index (Phi) is 5.41. The molecule has 4 aromatic rings. The van der Waals surface area contributed by atoms with Gasteiger partial charge in [-0.1, -0.05) is 103 Å². The predicted molar refractivity (Wildman–Crippen MR) is 122 cm³/mol. The van der Waals surface area contributed by atoms with Gasteiger partial charge in [0.25, 0.3) is 5.91 Å². The number of benzene rings is 4. The first-order valence-corrected chi connectivity index (χ1v) is 11.1. The standard InChI is InChI=1S/C25H21N2OP/c26-25(28)23-18-10-11-19-24(23)27-29(20-12-4-1-5-13-20,21-14-6-2-7-15-21)22-16-8-3-9-17-22/h1-19H,(H2,26,28). The van der Waals surface area contributed by atoms with Gasteiger partial charge >= 0.3 is 0 Å². The molecular formula is C25H21N2OP. The van der Waals surface area contributed by atoms with Crippen LogP contribution < -0.4 is 21.6 Å². The fraction of sp³-hybridized carbons (Fsp3) is 0. The monoisotopic (exact) mass is 396 g/mol. The van der Waals surface area contributed by atoms with Crippen LogP contribution in [0.4, 0.5) is 5.69 Å². The Labute approximate surface area is 170 Å². The van der Waals surface area contributed by atoms with Gasteiger partial charge < -0.3 is 5.73 Å². The van der Waals surface area contributed by atoms with E-state index in [1.807, 2.05) is 72.8 Å². The summed E-state index contributed by atoms with van der Waals surface area (Å²) in [5.41, 5.74) is 6.71. The van der Waals surface area contributed by atoms with Crippen molar-refractivity contribution < 1.29 is 4.79 Å². The van der Waals surface area contributed by atoms with Gasteiger partial charge in [-0.3, -0.25) is 9.54 Å². The van der Waals surface area contributed by atoms with Crippen molar-refractivity contribution in [3.63, 3.8) is 0 Å². The molecule has 0 bridgehead atoms. The topological polar surface area (TPSA) is 55.5 Å². The fourth-order valence-electron chi connectivity index (χ4n) is 3.48. The fourth-order valence-corrected chi connectivity index (χ4v) is 7.03. The van der Waals surface area contributed by atoms with Crippen molar-refractivity contribution >= 4 is 34.6 Å². The van der Waals surface area contributed by atoms with Crippen molar-refractivity contribution in [1.82, 2.24) is 0 Å². The van der Waals surface area contributed by atoms with Gasteiger partial charge in [0.1, 0.15) is 0 Å². The minimum atomic E-state index is -2.42. The molecule has 3 nitrogen and oxygen atoms in total. The molecule has 4 heteroatoms. The Hall–Kier alpha value is -3.42. The Morgan fingerprint density at radius 1 is 0.586 bits per heavy atom. The first-order valence-electron chi connectivity index (χ1n) is 9.40. The highest BCUT2D eigenvalue weighted by atomic mass is 31.2. The van der Waals surface area contributed by atoms with Crippen molar-refractivity contribution in [3.05, 3.63) is 121 Å². The van der Waals surface area contributed by atoms with E-state index in [9.17, 15) is 4.79 Å². The van der Waals surface area contributed by atoms with E-state index in [1.165, 1.54) is 0 Å². The lowest BCUT2D eigenvalue weighted by Gasteiger charge is -2.27. The summed E-state index contributed by atoms with van der Waals surface area (Å²) in [7, 11) is -2.42. The lowest BCUT2D eigenvalue weighted by molar-refractivity contribution is 0.100. The van der Waals surface area contributed by atoms with E-state index in [4.69, 9.17) is 10.5 Å². The molecule has 0 unspecified atom stereocenters. The SMILES string of the molecule is NC(=O)c1ccccc1N=P(c1ccccc1)(c1ccccc1)c1ccccc1. The normalized spacial score (nSPS) is 11.0. The number of carbonyl (C=O) groups is 1. The van der Waals surface area contributed by atoms with Crippen molar-refractivity contribution in [1.29, 1.82) is 0 Å². The largest absolute Gasteiger partial charge is 0.366 e. The minimum absolute atomic E-state index is 0.430. The van der Waals surface area contributed by atoms with Crippen LogP contribution in [0.25, 0.3) is 0 Å². The molecule has 0 aliphatic rings. The van der Waals surface area contributed by atoms with Crippen molar-refractivity contribution in [2.45, 2.75) is 0 Å². The summed E-state index contributed by atoms with van der Waals surface area (Å²) >= 11 is 0. The van der Waals surface area contributed by atoms with Crippen LogP contribution in [0.1, 0.15) is 10.4 Å². The molecule has 0 fully saturated rings. The van der Waals surface area contributed by atoms with Gasteiger partial charge in [-0.25, -0.2) is 0 Å². The van der Waals surface area contributed by atoms with Crippen LogP contribution in [0.3, 0.4) is 0 Å². The van der Waals surface area contributed by atoms with Gasteiger partial charge in [0.05, 0.1) is 18.3 Å². The molecule has 29 heavy (non-hydrogen) atoms. The molecule has 0 saturated carbocycles. The van der Waals surface area contributed by atoms with Gasteiger partial charge in [0.15, 0.2) is 0 Å². The summed E-state index contributed by atoms with van der Waals surface area (Å²) in [5.74, 6) is -0.475. The van der Waals surface area contributed by atoms with E-state index < -0.39 is 13.0 Å². The molecule has 0 atom stereocenters. The van der Waals surface area contributed by atoms with Crippen molar-refractivity contribution in [3.8, 4) is 0 Å². The molecule has 0 aliphatic heterocycles. The highest BCUT2D eigenvalue weighted by Crippen LogP contribution is 2.49. The third-order valence-electron chi connectivity index (χ3n) is 4.82. The van der Waals surface area contributed by atoms with E-state index in [1.54, 1.807) is 6.07 Å². The maximum Gasteiger partial charge on any atom is 0.250 e. The van der Waals surface area contributed by atoms with Crippen LogP contribution in [-0.4, -0.2) is 5.91 Å². The first-order chi connectivity index (χ1) is 14.2. The molecule has 4 rings (SSSR count). The number of amides is 1. The molecule has 0 radical (unpaired) electrons. The zero-order chi connectivity index (χ0) is 20.1. The van der Waals surface area contributed by atoms with Crippen molar-refractivity contribution in [2.75, 3.05) is 0 Å². The van der Waals surface area contributed by atoms with E-state index in [2.05, 4.69) is 36.4 Å².